The average Bonchev–Trinajstić information content (AvgIpc) is 2.36. The van der Waals surface area contributed by atoms with E-state index in [9.17, 15) is 4.79 Å². The van der Waals surface area contributed by atoms with Crippen LogP contribution in [0.25, 0.3) is 0 Å². The second kappa shape index (κ2) is 17.3. The summed E-state index contributed by atoms with van der Waals surface area (Å²) in [5.74, 6) is -0.257. The Bertz CT molecular complexity index is 180. The van der Waals surface area contributed by atoms with Crippen molar-refractivity contribution in [2.24, 2.45) is 0 Å². The highest BCUT2D eigenvalue weighted by Gasteiger charge is 2.03. The normalized spacial score (nSPS) is 11.4. The zero-order chi connectivity index (χ0) is 14.9. The number of rotatable bonds is 10. The number of ether oxygens (including phenoxy) is 4. The van der Waals surface area contributed by atoms with Crippen LogP contribution in [0.2, 0.25) is 0 Å². The molecule has 0 rings (SSSR count). The number of hydrogen-bond donors (Lipinski definition) is 1. The number of aliphatic hydroxyl groups is 1. The molecule has 0 aromatic rings. The fourth-order valence-corrected chi connectivity index (χ4v) is 1.03. The third-order valence-electron chi connectivity index (χ3n) is 1.74. The molecule has 6 heteroatoms. The van der Waals surface area contributed by atoms with Gasteiger partial charge in [0.05, 0.1) is 33.0 Å². The van der Waals surface area contributed by atoms with Crippen molar-refractivity contribution >= 4 is 5.97 Å². The summed E-state index contributed by atoms with van der Waals surface area (Å²) in [6.45, 7) is 10.6. The number of aliphatic hydroxyl groups excluding tert-OH is 1. The molecule has 19 heavy (non-hydrogen) atoms. The molecule has 0 radical (unpaired) electrons. The van der Waals surface area contributed by atoms with Crippen LogP contribution in [0.3, 0.4) is 0 Å². The highest BCUT2D eigenvalue weighted by atomic mass is 16.6. The summed E-state index contributed by atoms with van der Waals surface area (Å²) < 4.78 is 19.7. The van der Waals surface area contributed by atoms with Gasteiger partial charge in [0.25, 0.3) is 0 Å². The van der Waals surface area contributed by atoms with Crippen LogP contribution in [0.5, 0.6) is 0 Å². The molecule has 0 saturated heterocycles. The summed E-state index contributed by atoms with van der Waals surface area (Å²) in [6.07, 6.45) is -0.127. The number of carbonyl (C=O) groups excluding carboxylic acids is 1. The first-order chi connectivity index (χ1) is 9.08. The first kappa shape index (κ1) is 20.6. The van der Waals surface area contributed by atoms with Gasteiger partial charge in [-0.05, 0) is 20.8 Å². The van der Waals surface area contributed by atoms with E-state index in [0.717, 1.165) is 6.61 Å². The molecule has 0 aromatic carbocycles. The molecule has 0 aliphatic carbocycles. The maximum Gasteiger partial charge on any atom is 0.302 e. The van der Waals surface area contributed by atoms with E-state index >= 15 is 0 Å². The van der Waals surface area contributed by atoms with Crippen LogP contribution in [0.1, 0.15) is 27.7 Å². The van der Waals surface area contributed by atoms with Gasteiger partial charge in [-0.1, -0.05) is 0 Å². The summed E-state index contributed by atoms with van der Waals surface area (Å²) in [5, 5.41) is 8.26. The van der Waals surface area contributed by atoms with Crippen molar-refractivity contribution in [2.75, 3.05) is 46.2 Å². The number of carbonyl (C=O) groups is 1. The van der Waals surface area contributed by atoms with E-state index in [1.165, 1.54) is 6.92 Å². The minimum Gasteiger partial charge on any atom is -0.460 e. The van der Waals surface area contributed by atoms with Crippen molar-refractivity contribution in [1.82, 2.24) is 0 Å². The molecular formula is C13H28O6. The lowest BCUT2D eigenvalue weighted by Crippen LogP contribution is -2.18. The molecule has 0 aliphatic heterocycles. The van der Waals surface area contributed by atoms with Gasteiger partial charge in [-0.2, -0.15) is 0 Å². The van der Waals surface area contributed by atoms with Crippen LogP contribution in [0, 0.1) is 0 Å². The fourth-order valence-electron chi connectivity index (χ4n) is 1.03. The molecule has 0 heterocycles. The Kier molecular flexibility index (Phi) is 18.8. The molecular weight excluding hydrogens is 252 g/mol. The summed E-state index contributed by atoms with van der Waals surface area (Å²) in [7, 11) is 0. The molecule has 1 unspecified atom stereocenters. The van der Waals surface area contributed by atoms with Crippen molar-refractivity contribution < 1.29 is 28.8 Å². The molecule has 0 aliphatic rings. The predicted molar refractivity (Wildman–Crippen MR) is 72.1 cm³/mol. The summed E-state index contributed by atoms with van der Waals surface area (Å²) in [6, 6.07) is 0. The Morgan fingerprint density at radius 1 is 1.05 bits per heavy atom. The summed E-state index contributed by atoms with van der Waals surface area (Å²) in [5.41, 5.74) is 0. The minimum atomic E-state index is -0.257. The molecule has 116 valence electrons. The standard InChI is InChI=1S/C7H14O3.C6H14O3/c1-4-9-5-6(2)10-7(3)8;1-2-8-5-6-9-4-3-7/h6H,4-5H2,1-3H3;7H,2-6H2,1H3. The van der Waals surface area contributed by atoms with Gasteiger partial charge in [0, 0.05) is 20.1 Å². The van der Waals surface area contributed by atoms with Crippen molar-refractivity contribution in [2.45, 2.75) is 33.8 Å². The van der Waals surface area contributed by atoms with E-state index in [1.54, 1.807) is 6.92 Å². The minimum absolute atomic E-state index is 0.0894. The number of esters is 1. The summed E-state index contributed by atoms with van der Waals surface area (Å²) in [4.78, 5) is 10.3. The zero-order valence-corrected chi connectivity index (χ0v) is 12.5. The SMILES string of the molecule is CCOCC(C)OC(C)=O.CCOCCOCCO. The van der Waals surface area contributed by atoms with Gasteiger partial charge in [0.1, 0.15) is 6.10 Å². The molecule has 0 fully saturated rings. The molecule has 1 N–H and O–H groups in total. The molecule has 6 nitrogen and oxygen atoms in total. The van der Waals surface area contributed by atoms with Gasteiger partial charge in [-0.25, -0.2) is 0 Å². The Morgan fingerprint density at radius 3 is 2.11 bits per heavy atom. The van der Waals surface area contributed by atoms with Crippen molar-refractivity contribution in [3.05, 3.63) is 0 Å². The molecule has 0 spiro atoms. The Hall–Kier alpha value is -0.690. The quantitative estimate of drug-likeness (QED) is 0.475. The van der Waals surface area contributed by atoms with Gasteiger partial charge < -0.3 is 24.1 Å². The maximum absolute atomic E-state index is 10.3. The largest absolute Gasteiger partial charge is 0.460 e. The Morgan fingerprint density at radius 2 is 1.63 bits per heavy atom. The third kappa shape index (κ3) is 22.9. The monoisotopic (exact) mass is 280 g/mol. The van der Waals surface area contributed by atoms with E-state index in [2.05, 4.69) is 0 Å². The van der Waals surface area contributed by atoms with Crippen LogP contribution in [-0.2, 0) is 23.7 Å². The lowest BCUT2D eigenvalue weighted by Gasteiger charge is -2.10. The first-order valence-electron chi connectivity index (χ1n) is 6.59. The highest BCUT2D eigenvalue weighted by molar-refractivity contribution is 5.66. The molecule has 0 amide bonds. The first-order valence-corrected chi connectivity index (χ1v) is 6.59. The summed E-state index contributed by atoms with van der Waals surface area (Å²) >= 11 is 0. The second-order valence-corrected chi connectivity index (χ2v) is 3.61. The number of hydrogen-bond acceptors (Lipinski definition) is 6. The van der Waals surface area contributed by atoms with Crippen LogP contribution in [0.15, 0.2) is 0 Å². The maximum atomic E-state index is 10.3. The van der Waals surface area contributed by atoms with E-state index in [0.29, 0.717) is 33.0 Å². The zero-order valence-electron chi connectivity index (χ0n) is 12.5. The van der Waals surface area contributed by atoms with Crippen molar-refractivity contribution in [1.29, 1.82) is 0 Å². The van der Waals surface area contributed by atoms with Crippen molar-refractivity contribution in [3.8, 4) is 0 Å². The van der Waals surface area contributed by atoms with Crippen LogP contribution >= 0.6 is 0 Å². The van der Waals surface area contributed by atoms with Crippen LogP contribution in [0.4, 0.5) is 0 Å². The van der Waals surface area contributed by atoms with E-state index in [4.69, 9.17) is 24.1 Å². The van der Waals surface area contributed by atoms with Gasteiger partial charge in [-0.3, -0.25) is 4.79 Å². The highest BCUT2D eigenvalue weighted by Crippen LogP contribution is 1.91. The van der Waals surface area contributed by atoms with Gasteiger partial charge >= 0.3 is 5.97 Å². The van der Waals surface area contributed by atoms with Crippen LogP contribution < -0.4 is 0 Å². The second-order valence-electron chi connectivity index (χ2n) is 3.61. The molecule has 0 aromatic heterocycles. The topological polar surface area (TPSA) is 74.2 Å². The molecule has 1 atom stereocenters. The molecule has 0 bridgehead atoms. The predicted octanol–water partition coefficient (Wildman–Crippen LogP) is 1.01. The fraction of sp³-hybridized carbons (Fsp3) is 0.923. The van der Waals surface area contributed by atoms with E-state index < -0.39 is 0 Å². The smallest absolute Gasteiger partial charge is 0.302 e. The lowest BCUT2D eigenvalue weighted by atomic mass is 10.4. The lowest BCUT2D eigenvalue weighted by molar-refractivity contribution is -0.148. The molecule has 0 saturated carbocycles. The van der Waals surface area contributed by atoms with Gasteiger partial charge in [0.15, 0.2) is 0 Å². The van der Waals surface area contributed by atoms with E-state index in [1.807, 2.05) is 13.8 Å². The third-order valence-corrected chi connectivity index (χ3v) is 1.74. The Labute approximate surface area is 116 Å². The Balaban J connectivity index is 0. The van der Waals surface area contributed by atoms with Gasteiger partial charge in [-0.15, -0.1) is 0 Å². The van der Waals surface area contributed by atoms with Crippen molar-refractivity contribution in [3.63, 3.8) is 0 Å². The van der Waals surface area contributed by atoms with Crippen LogP contribution in [-0.4, -0.2) is 63.4 Å². The van der Waals surface area contributed by atoms with E-state index in [-0.39, 0.29) is 18.7 Å². The average molecular weight is 280 g/mol. The van der Waals surface area contributed by atoms with Gasteiger partial charge in [0.2, 0.25) is 0 Å².